The van der Waals surface area contributed by atoms with E-state index in [1.54, 1.807) is 4.90 Å². The van der Waals surface area contributed by atoms with E-state index in [2.05, 4.69) is 12.2 Å². The summed E-state index contributed by atoms with van der Waals surface area (Å²) in [5, 5.41) is 21.6. The first kappa shape index (κ1) is 30.0. The predicted octanol–water partition coefficient (Wildman–Crippen LogP) is 3.32. The minimum atomic E-state index is -2.63. The maximum atomic E-state index is 13.3. The number of benzene rings is 2. The third-order valence-corrected chi connectivity index (χ3v) is 9.88. The van der Waals surface area contributed by atoms with Gasteiger partial charge in [-0.25, -0.2) is 0 Å². The summed E-state index contributed by atoms with van der Waals surface area (Å²) in [5.41, 5.74) is 2.63. The lowest BCUT2D eigenvalue weighted by atomic mass is 9.95. The van der Waals surface area contributed by atoms with Crippen molar-refractivity contribution in [2.45, 2.75) is 76.6 Å². The number of nitrogens with one attached hydrogen (secondary N) is 1. The molecule has 3 rings (SSSR count). The second-order valence-electron chi connectivity index (χ2n) is 10.9. The maximum absolute atomic E-state index is 13.3. The normalized spacial score (nSPS) is 22.2. The summed E-state index contributed by atoms with van der Waals surface area (Å²) in [5.74, 6) is -0.432. The number of aliphatic hydroxyl groups is 2. The number of rotatable bonds is 12. The van der Waals surface area contributed by atoms with Crippen LogP contribution in [-0.2, 0) is 27.3 Å². The Balaban J connectivity index is 1.64. The standard InChI is InChI=1S/C29H42N2O6Si/c1-20-25(15-12-22-10-13-24(14-11-22)30-29(35)21(2)33)37-26(28(20)38(3,4)36)18-27(34)31(16-17-32)19-23-8-6-5-7-9-23/h5-11,13-14,20-21,25-26,28,32-33,36H,12,15-19H2,1-4H3,(H,30,35)/t20-,21-,25+,26-,28+/m0/s1. The second-order valence-corrected chi connectivity index (χ2v) is 14.9. The van der Waals surface area contributed by atoms with Crippen LogP contribution in [0, 0.1) is 5.92 Å². The molecule has 1 saturated heterocycles. The van der Waals surface area contributed by atoms with Crippen LogP contribution in [-0.4, -0.2) is 71.5 Å². The van der Waals surface area contributed by atoms with E-state index < -0.39 is 20.3 Å². The lowest BCUT2D eigenvalue weighted by Gasteiger charge is -2.31. The monoisotopic (exact) mass is 542 g/mol. The fraction of sp³-hybridized carbons (Fsp3) is 0.517. The van der Waals surface area contributed by atoms with E-state index in [1.807, 2.05) is 67.7 Å². The Kier molecular flexibility index (Phi) is 10.6. The van der Waals surface area contributed by atoms with E-state index in [9.17, 15) is 24.6 Å². The Morgan fingerprint density at radius 2 is 1.71 bits per heavy atom. The summed E-state index contributed by atoms with van der Waals surface area (Å²) in [7, 11) is -2.63. The average Bonchev–Trinajstić information content (AvgIpc) is 3.18. The number of anilines is 1. The quantitative estimate of drug-likeness (QED) is 0.306. The molecular weight excluding hydrogens is 500 g/mol. The van der Waals surface area contributed by atoms with Gasteiger partial charge in [-0.15, -0.1) is 0 Å². The summed E-state index contributed by atoms with van der Waals surface area (Å²) in [6, 6.07) is 17.2. The van der Waals surface area contributed by atoms with Gasteiger partial charge in [0.2, 0.25) is 5.91 Å². The zero-order valence-electron chi connectivity index (χ0n) is 22.8. The van der Waals surface area contributed by atoms with Crippen molar-refractivity contribution in [3.63, 3.8) is 0 Å². The molecule has 2 aromatic rings. The smallest absolute Gasteiger partial charge is 0.252 e. The summed E-state index contributed by atoms with van der Waals surface area (Å²) < 4.78 is 6.47. The fourth-order valence-corrected chi connectivity index (χ4v) is 8.04. The number of carbonyl (C=O) groups is 2. The van der Waals surface area contributed by atoms with Crippen molar-refractivity contribution >= 4 is 25.8 Å². The number of carbonyl (C=O) groups excluding carboxylic acids is 2. The van der Waals surface area contributed by atoms with Crippen LogP contribution in [0.25, 0.3) is 0 Å². The van der Waals surface area contributed by atoms with Crippen molar-refractivity contribution in [3.8, 4) is 0 Å². The molecule has 38 heavy (non-hydrogen) atoms. The number of hydrogen-bond acceptors (Lipinski definition) is 6. The lowest BCUT2D eigenvalue weighted by molar-refractivity contribution is -0.135. The molecular formula is C29H42N2O6Si. The number of aryl methyl sites for hydroxylation is 1. The van der Waals surface area contributed by atoms with Crippen LogP contribution < -0.4 is 5.32 Å². The Morgan fingerprint density at radius 3 is 2.29 bits per heavy atom. The number of aliphatic hydroxyl groups excluding tert-OH is 2. The molecule has 0 bridgehead atoms. The summed E-state index contributed by atoms with van der Waals surface area (Å²) in [6.07, 6.45) is 0.141. The second kappa shape index (κ2) is 13.5. The first-order valence-electron chi connectivity index (χ1n) is 13.4. The van der Waals surface area contributed by atoms with Gasteiger partial charge in [0.25, 0.3) is 5.91 Å². The van der Waals surface area contributed by atoms with Gasteiger partial charge in [0.05, 0.1) is 25.2 Å². The molecule has 9 heteroatoms. The molecule has 8 nitrogen and oxygen atoms in total. The first-order chi connectivity index (χ1) is 18.0. The molecule has 0 aliphatic carbocycles. The van der Waals surface area contributed by atoms with Crippen molar-refractivity contribution in [1.82, 2.24) is 4.90 Å². The minimum Gasteiger partial charge on any atom is -0.432 e. The van der Waals surface area contributed by atoms with Crippen LogP contribution >= 0.6 is 0 Å². The van der Waals surface area contributed by atoms with Crippen LogP contribution in [0.1, 0.15) is 37.8 Å². The Labute approximate surface area is 226 Å². The Morgan fingerprint density at radius 1 is 1.05 bits per heavy atom. The van der Waals surface area contributed by atoms with E-state index in [1.165, 1.54) is 6.92 Å². The van der Waals surface area contributed by atoms with Gasteiger partial charge in [0.15, 0.2) is 8.32 Å². The van der Waals surface area contributed by atoms with Crippen molar-refractivity contribution in [2.24, 2.45) is 5.92 Å². The Hall–Kier alpha value is -2.56. The molecule has 2 amide bonds. The van der Waals surface area contributed by atoms with Crippen LogP contribution in [0.3, 0.4) is 0 Å². The van der Waals surface area contributed by atoms with Gasteiger partial charge >= 0.3 is 0 Å². The number of nitrogens with zero attached hydrogens (tertiary/aromatic N) is 1. The third kappa shape index (κ3) is 8.22. The first-order valence-corrected chi connectivity index (χ1v) is 16.4. The molecule has 1 aliphatic heterocycles. The molecule has 1 aliphatic rings. The van der Waals surface area contributed by atoms with Crippen LogP contribution in [0.5, 0.6) is 0 Å². The molecule has 4 N–H and O–H groups in total. The molecule has 2 aromatic carbocycles. The topological polar surface area (TPSA) is 119 Å². The van der Waals surface area contributed by atoms with E-state index in [4.69, 9.17) is 4.74 Å². The molecule has 0 saturated carbocycles. The van der Waals surface area contributed by atoms with Crippen molar-refractivity contribution in [2.75, 3.05) is 18.5 Å². The highest BCUT2D eigenvalue weighted by molar-refractivity contribution is 6.71. The summed E-state index contributed by atoms with van der Waals surface area (Å²) in [4.78, 5) is 37.8. The van der Waals surface area contributed by atoms with Gasteiger partial charge in [-0.2, -0.15) is 0 Å². The van der Waals surface area contributed by atoms with Gasteiger partial charge < -0.3 is 30.0 Å². The van der Waals surface area contributed by atoms with Gasteiger partial charge in [-0.05, 0) is 62.0 Å². The zero-order valence-corrected chi connectivity index (χ0v) is 23.8. The fourth-order valence-electron chi connectivity index (χ4n) is 5.44. The van der Waals surface area contributed by atoms with Crippen LogP contribution in [0.4, 0.5) is 5.69 Å². The van der Waals surface area contributed by atoms with Crippen molar-refractivity contribution in [1.29, 1.82) is 0 Å². The highest BCUT2D eigenvalue weighted by Gasteiger charge is 2.50. The van der Waals surface area contributed by atoms with Gasteiger partial charge in [-0.3, -0.25) is 9.59 Å². The predicted molar refractivity (Wildman–Crippen MR) is 150 cm³/mol. The van der Waals surface area contributed by atoms with E-state index in [-0.39, 0.29) is 49.1 Å². The zero-order chi connectivity index (χ0) is 27.9. The molecule has 0 aromatic heterocycles. The van der Waals surface area contributed by atoms with Gasteiger partial charge in [-0.1, -0.05) is 49.4 Å². The molecule has 1 fully saturated rings. The molecule has 208 valence electrons. The summed E-state index contributed by atoms with van der Waals surface area (Å²) in [6.45, 7) is 7.90. The SMILES string of the molecule is C[C@@H]1[C@@H]([Si](C)(C)O)[C@H](CC(=O)N(CCO)Cc2ccccc2)O[C@@H]1CCc1ccc(NC(=O)[C@H](C)O)cc1. The lowest BCUT2D eigenvalue weighted by Crippen LogP contribution is -2.42. The van der Waals surface area contributed by atoms with E-state index >= 15 is 0 Å². The van der Waals surface area contributed by atoms with E-state index in [0.29, 0.717) is 12.2 Å². The number of hydrogen-bond donors (Lipinski definition) is 4. The minimum absolute atomic E-state index is 0.0813. The van der Waals surface area contributed by atoms with Crippen LogP contribution in [0.15, 0.2) is 54.6 Å². The largest absolute Gasteiger partial charge is 0.432 e. The molecule has 0 spiro atoms. The molecule has 5 atom stereocenters. The average molecular weight is 543 g/mol. The number of amides is 2. The molecule has 0 radical (unpaired) electrons. The van der Waals surface area contributed by atoms with Crippen LogP contribution in [0.2, 0.25) is 18.6 Å². The molecule has 0 unspecified atom stereocenters. The molecule has 1 heterocycles. The van der Waals surface area contributed by atoms with Crippen molar-refractivity contribution in [3.05, 3.63) is 65.7 Å². The highest BCUT2D eigenvalue weighted by atomic mass is 28.4. The number of ether oxygens (including phenoxy) is 1. The summed E-state index contributed by atoms with van der Waals surface area (Å²) >= 11 is 0. The van der Waals surface area contributed by atoms with Gasteiger partial charge in [0, 0.05) is 24.3 Å². The van der Waals surface area contributed by atoms with E-state index in [0.717, 1.165) is 24.0 Å². The van der Waals surface area contributed by atoms with Crippen molar-refractivity contribution < 1.29 is 29.3 Å². The maximum Gasteiger partial charge on any atom is 0.252 e. The highest BCUT2D eigenvalue weighted by Crippen LogP contribution is 2.45. The third-order valence-electron chi connectivity index (χ3n) is 7.35. The van der Waals surface area contributed by atoms with Gasteiger partial charge in [0.1, 0.15) is 6.10 Å². The Bertz CT molecular complexity index is 1040.